The van der Waals surface area contributed by atoms with Crippen LogP contribution in [0.15, 0.2) is 30.3 Å². The summed E-state index contributed by atoms with van der Waals surface area (Å²) in [6, 6.07) is 8.46. The molecule has 7 atom stereocenters. The second-order valence-electron chi connectivity index (χ2n) is 8.52. The van der Waals surface area contributed by atoms with Crippen LogP contribution in [-0.2, 0) is 28.5 Å². The maximum Gasteiger partial charge on any atom is 0.338 e. The third-order valence-corrected chi connectivity index (χ3v) is 6.53. The number of rotatable bonds is 3. The molecule has 1 aromatic carbocycles. The van der Waals surface area contributed by atoms with Gasteiger partial charge in [-0.15, -0.1) is 0 Å². The van der Waals surface area contributed by atoms with E-state index in [1.807, 2.05) is 6.92 Å². The highest BCUT2D eigenvalue weighted by atomic mass is 16.7. The Balaban J connectivity index is 1.55. The number of benzene rings is 1. The molecule has 2 heterocycles. The molecule has 31 heavy (non-hydrogen) atoms. The number of hydrogen-bond donors (Lipinski definition) is 2. The summed E-state index contributed by atoms with van der Waals surface area (Å²) in [5, 5.41) is 21.6. The van der Waals surface area contributed by atoms with E-state index >= 15 is 0 Å². The maximum atomic E-state index is 13.3. The second kappa shape index (κ2) is 7.98. The summed E-state index contributed by atoms with van der Waals surface area (Å²) in [5.41, 5.74) is -1.84. The van der Waals surface area contributed by atoms with Crippen LogP contribution in [0.2, 0.25) is 0 Å². The molecule has 0 bridgehead atoms. The Morgan fingerprint density at radius 3 is 2.58 bits per heavy atom. The summed E-state index contributed by atoms with van der Waals surface area (Å²) in [6.45, 7) is 1.87. The Bertz CT molecular complexity index is 871. The van der Waals surface area contributed by atoms with Gasteiger partial charge < -0.3 is 29.2 Å². The minimum absolute atomic E-state index is 0.00110. The molecule has 0 unspecified atom stereocenters. The Labute approximate surface area is 179 Å². The van der Waals surface area contributed by atoms with E-state index in [1.54, 1.807) is 30.3 Å². The number of carbonyl (C=O) groups is 3. The molecule has 1 aromatic rings. The van der Waals surface area contributed by atoms with Crippen LogP contribution in [-0.4, -0.2) is 71.4 Å². The number of carbonyl (C=O) groups excluding carboxylic acids is 3. The van der Waals surface area contributed by atoms with Crippen LogP contribution in [0.25, 0.3) is 0 Å². The molecule has 168 valence electrons. The number of fused-ring (bicyclic) bond motifs is 1. The molecule has 1 saturated carbocycles. The lowest BCUT2D eigenvalue weighted by atomic mass is 9.72. The highest BCUT2D eigenvalue weighted by Gasteiger charge is 2.70. The van der Waals surface area contributed by atoms with Gasteiger partial charge in [-0.2, -0.15) is 0 Å². The van der Waals surface area contributed by atoms with Gasteiger partial charge in [-0.3, -0.25) is 9.59 Å². The molecule has 0 amide bonds. The molecule has 9 heteroatoms. The summed E-state index contributed by atoms with van der Waals surface area (Å²) in [6.07, 6.45) is -3.63. The average Bonchev–Trinajstić information content (AvgIpc) is 2.99. The minimum Gasteiger partial charge on any atom is -0.469 e. The molecule has 2 N–H and O–H groups in total. The van der Waals surface area contributed by atoms with Crippen LogP contribution in [0.3, 0.4) is 0 Å². The summed E-state index contributed by atoms with van der Waals surface area (Å²) in [5.74, 6) is -4.71. The van der Waals surface area contributed by atoms with Crippen molar-refractivity contribution in [3.05, 3.63) is 35.9 Å². The number of aliphatic hydroxyl groups is 2. The van der Waals surface area contributed by atoms with Crippen molar-refractivity contribution in [2.75, 3.05) is 13.7 Å². The fourth-order valence-corrected chi connectivity index (χ4v) is 4.66. The van der Waals surface area contributed by atoms with Crippen LogP contribution in [0.4, 0.5) is 0 Å². The van der Waals surface area contributed by atoms with Gasteiger partial charge in [-0.1, -0.05) is 25.1 Å². The van der Waals surface area contributed by atoms with Gasteiger partial charge in [0.15, 0.2) is 5.60 Å². The van der Waals surface area contributed by atoms with E-state index in [0.717, 1.165) is 0 Å². The van der Waals surface area contributed by atoms with E-state index in [4.69, 9.17) is 18.9 Å². The molecular formula is C22H26O9. The van der Waals surface area contributed by atoms with Crippen LogP contribution >= 0.6 is 0 Å². The smallest absolute Gasteiger partial charge is 0.338 e. The fraction of sp³-hybridized carbons (Fsp3) is 0.591. The largest absolute Gasteiger partial charge is 0.469 e. The zero-order chi connectivity index (χ0) is 22.4. The highest BCUT2D eigenvalue weighted by Crippen LogP contribution is 2.49. The number of ether oxygens (including phenoxy) is 4. The molecule has 0 radical (unpaired) electrons. The lowest BCUT2D eigenvalue weighted by molar-refractivity contribution is -0.266. The standard InChI is InChI=1S/C22H26O9/c1-12-11-29-21(10-15(12)30-19(25)13-6-4-3-5-7-13)20(26)22(27)16(23)8-14(18(24)28-2)9-17(22)31-21/h3-7,12,14-17,23,27H,8-11H2,1-2H3/t12-,14+,15+,16+,17-,21+,22-/m1/s1. The monoisotopic (exact) mass is 434 g/mol. The van der Waals surface area contributed by atoms with Crippen molar-refractivity contribution >= 4 is 17.7 Å². The number of Topliss-reactive ketones (excluding diaryl/α,β-unsaturated/α-hetero) is 1. The lowest BCUT2D eigenvalue weighted by Crippen LogP contribution is -2.61. The quantitative estimate of drug-likeness (QED) is 0.657. The van der Waals surface area contributed by atoms with Gasteiger partial charge in [-0.25, -0.2) is 4.79 Å². The third-order valence-electron chi connectivity index (χ3n) is 6.53. The van der Waals surface area contributed by atoms with Gasteiger partial charge >= 0.3 is 11.9 Å². The topological polar surface area (TPSA) is 129 Å². The first-order valence-corrected chi connectivity index (χ1v) is 10.3. The van der Waals surface area contributed by atoms with Crippen LogP contribution in [0, 0.1) is 11.8 Å². The van der Waals surface area contributed by atoms with Gasteiger partial charge in [-0.05, 0) is 25.0 Å². The zero-order valence-corrected chi connectivity index (χ0v) is 17.4. The number of hydrogen-bond acceptors (Lipinski definition) is 9. The third kappa shape index (κ3) is 3.55. The lowest BCUT2D eigenvalue weighted by Gasteiger charge is -2.39. The number of aliphatic hydroxyl groups excluding tert-OH is 1. The predicted octanol–water partition coefficient (Wildman–Crippen LogP) is 0.608. The van der Waals surface area contributed by atoms with Crippen molar-refractivity contribution < 1.29 is 43.5 Å². The van der Waals surface area contributed by atoms with Crippen molar-refractivity contribution in [1.82, 2.24) is 0 Å². The van der Waals surface area contributed by atoms with Gasteiger partial charge in [0.25, 0.3) is 0 Å². The Morgan fingerprint density at radius 2 is 1.90 bits per heavy atom. The van der Waals surface area contributed by atoms with Crippen molar-refractivity contribution in [3.8, 4) is 0 Å². The molecule has 9 nitrogen and oxygen atoms in total. The molecule has 2 aliphatic heterocycles. The molecule has 3 fully saturated rings. The Morgan fingerprint density at radius 1 is 1.19 bits per heavy atom. The van der Waals surface area contributed by atoms with E-state index in [-0.39, 0.29) is 31.8 Å². The van der Waals surface area contributed by atoms with Crippen molar-refractivity contribution in [1.29, 1.82) is 0 Å². The Kier molecular flexibility index (Phi) is 5.63. The maximum absolute atomic E-state index is 13.3. The van der Waals surface area contributed by atoms with Crippen LogP contribution in [0.1, 0.15) is 36.5 Å². The summed E-state index contributed by atoms with van der Waals surface area (Å²) in [7, 11) is 1.23. The first kappa shape index (κ1) is 21.9. The van der Waals surface area contributed by atoms with E-state index in [0.29, 0.717) is 5.56 Å². The van der Waals surface area contributed by atoms with Gasteiger partial charge in [0.2, 0.25) is 11.6 Å². The Hall–Kier alpha value is -2.33. The van der Waals surface area contributed by atoms with Crippen LogP contribution in [0.5, 0.6) is 0 Å². The highest BCUT2D eigenvalue weighted by molar-refractivity contribution is 5.97. The van der Waals surface area contributed by atoms with Crippen molar-refractivity contribution in [2.24, 2.45) is 11.8 Å². The average molecular weight is 434 g/mol. The predicted molar refractivity (Wildman–Crippen MR) is 104 cm³/mol. The summed E-state index contributed by atoms with van der Waals surface area (Å²) >= 11 is 0. The molecule has 3 aliphatic rings. The normalized spacial score (nSPS) is 39.7. The number of ketones is 1. The molecular weight excluding hydrogens is 408 g/mol. The van der Waals surface area contributed by atoms with E-state index in [2.05, 4.69) is 0 Å². The second-order valence-corrected chi connectivity index (χ2v) is 8.52. The first-order chi connectivity index (χ1) is 14.7. The van der Waals surface area contributed by atoms with E-state index < -0.39 is 53.3 Å². The van der Waals surface area contributed by atoms with Gasteiger partial charge in [0, 0.05) is 12.3 Å². The van der Waals surface area contributed by atoms with Crippen molar-refractivity contribution in [2.45, 2.75) is 55.9 Å². The number of methoxy groups -OCH3 is 1. The van der Waals surface area contributed by atoms with Crippen molar-refractivity contribution in [3.63, 3.8) is 0 Å². The van der Waals surface area contributed by atoms with Gasteiger partial charge in [0.05, 0.1) is 31.3 Å². The summed E-state index contributed by atoms with van der Waals surface area (Å²) < 4.78 is 22.0. The fourth-order valence-electron chi connectivity index (χ4n) is 4.66. The first-order valence-electron chi connectivity index (χ1n) is 10.3. The van der Waals surface area contributed by atoms with Crippen LogP contribution < -0.4 is 0 Å². The zero-order valence-electron chi connectivity index (χ0n) is 17.4. The number of esters is 2. The molecule has 1 spiro atoms. The molecule has 2 saturated heterocycles. The molecule has 0 aromatic heterocycles. The van der Waals surface area contributed by atoms with E-state index in [1.165, 1.54) is 7.11 Å². The SMILES string of the molecule is COC(=O)[C@H]1C[C@H](O)[C@]2(O)C(=O)[C@]3(C[C@H](OC(=O)c4ccccc4)[C@H](C)CO3)O[C@@H]2C1. The van der Waals surface area contributed by atoms with Gasteiger partial charge in [0.1, 0.15) is 12.2 Å². The summed E-state index contributed by atoms with van der Waals surface area (Å²) in [4.78, 5) is 37.8. The molecule has 4 rings (SSSR count). The van der Waals surface area contributed by atoms with E-state index in [9.17, 15) is 24.6 Å². The minimum atomic E-state index is -2.21. The molecule has 1 aliphatic carbocycles.